The number of allylic oxidation sites excluding steroid dienone is 4. The van der Waals surface area contributed by atoms with Gasteiger partial charge in [0.15, 0.2) is 0 Å². The molecule has 0 aromatic rings. The fourth-order valence-corrected chi connectivity index (χ4v) is 2.07. The van der Waals surface area contributed by atoms with Crippen molar-refractivity contribution in [2.75, 3.05) is 0 Å². The molecule has 3 unspecified atom stereocenters. The van der Waals surface area contributed by atoms with E-state index in [2.05, 4.69) is 0 Å². The molecule has 0 aliphatic heterocycles. The van der Waals surface area contributed by atoms with Crippen LogP contribution in [0.1, 0.15) is 6.42 Å². The van der Waals surface area contributed by atoms with Crippen LogP contribution in [0.5, 0.6) is 0 Å². The third-order valence-electron chi connectivity index (χ3n) is 2.85. The summed E-state index contributed by atoms with van der Waals surface area (Å²) < 4.78 is 26.1. The molecular weight excluding hydrogens is 190 g/mol. The van der Waals surface area contributed by atoms with Gasteiger partial charge in [-0.25, -0.2) is 8.78 Å². The molecule has 2 aliphatic rings. The zero-order chi connectivity index (χ0) is 10.3. The molecule has 0 amide bonds. The van der Waals surface area contributed by atoms with Crippen molar-refractivity contribution in [1.29, 1.82) is 0 Å². The van der Waals surface area contributed by atoms with Crippen molar-refractivity contribution in [3.8, 4) is 0 Å². The van der Waals surface area contributed by atoms with Crippen LogP contribution in [0.15, 0.2) is 24.3 Å². The Bertz CT molecular complexity index is 320. The summed E-state index contributed by atoms with van der Waals surface area (Å²) in [4.78, 5) is 10.5. The van der Waals surface area contributed by atoms with Gasteiger partial charge in [-0.15, -0.1) is 0 Å². The average molecular weight is 200 g/mol. The molecule has 0 aromatic heterocycles. The van der Waals surface area contributed by atoms with E-state index < -0.39 is 23.7 Å². The Balaban J connectivity index is 2.11. The predicted octanol–water partition coefficient (Wildman–Crippen LogP) is 2.08. The summed E-state index contributed by atoms with van der Waals surface area (Å²) >= 11 is 0. The Morgan fingerprint density at radius 2 is 2.14 bits per heavy atom. The van der Waals surface area contributed by atoms with E-state index in [4.69, 9.17) is 5.11 Å². The Morgan fingerprint density at radius 3 is 2.57 bits per heavy atom. The average Bonchev–Trinajstić information content (AvgIpc) is 2.71. The van der Waals surface area contributed by atoms with Gasteiger partial charge in [0.1, 0.15) is 5.92 Å². The first-order valence-corrected chi connectivity index (χ1v) is 4.49. The largest absolute Gasteiger partial charge is 0.481 e. The summed E-state index contributed by atoms with van der Waals surface area (Å²) in [5.74, 6) is -7.23. The molecule has 0 heterocycles. The highest BCUT2D eigenvalue weighted by Gasteiger charge is 2.73. The van der Waals surface area contributed by atoms with Crippen molar-refractivity contribution >= 4 is 5.97 Å². The molecule has 0 saturated heterocycles. The van der Waals surface area contributed by atoms with Crippen molar-refractivity contribution in [3.05, 3.63) is 24.3 Å². The first-order valence-electron chi connectivity index (χ1n) is 4.49. The van der Waals surface area contributed by atoms with Gasteiger partial charge >= 0.3 is 5.97 Å². The number of carboxylic acids is 1. The SMILES string of the molecule is O=C(O)C1C(C2C=CC=CC2)C1(F)F. The monoisotopic (exact) mass is 200 g/mol. The van der Waals surface area contributed by atoms with E-state index in [1.165, 1.54) is 0 Å². The maximum atomic E-state index is 13.1. The van der Waals surface area contributed by atoms with Gasteiger partial charge in [0.2, 0.25) is 0 Å². The molecule has 0 bridgehead atoms. The second kappa shape index (κ2) is 2.90. The summed E-state index contributed by atoms with van der Waals surface area (Å²) in [7, 11) is 0. The molecule has 2 rings (SSSR count). The van der Waals surface area contributed by atoms with Crippen LogP contribution in [0.25, 0.3) is 0 Å². The number of aliphatic carboxylic acids is 1. The lowest BCUT2D eigenvalue weighted by atomic mass is 9.94. The third-order valence-corrected chi connectivity index (χ3v) is 2.85. The van der Waals surface area contributed by atoms with E-state index in [-0.39, 0.29) is 5.92 Å². The lowest BCUT2D eigenvalue weighted by Gasteiger charge is -2.10. The quantitative estimate of drug-likeness (QED) is 0.741. The Morgan fingerprint density at radius 1 is 1.43 bits per heavy atom. The normalized spacial score (nSPS) is 38.3. The van der Waals surface area contributed by atoms with Gasteiger partial charge in [-0.3, -0.25) is 4.79 Å². The topological polar surface area (TPSA) is 37.3 Å². The number of halogens is 2. The van der Waals surface area contributed by atoms with Crippen molar-refractivity contribution in [3.63, 3.8) is 0 Å². The molecular formula is C10H10F2O2. The highest BCUT2D eigenvalue weighted by Crippen LogP contribution is 2.60. The van der Waals surface area contributed by atoms with Crippen LogP contribution in [-0.2, 0) is 4.79 Å². The molecule has 0 aromatic carbocycles. The minimum absolute atomic E-state index is 0.323. The maximum absolute atomic E-state index is 13.1. The van der Waals surface area contributed by atoms with Crippen molar-refractivity contribution in [2.24, 2.45) is 17.8 Å². The Kier molecular flexibility index (Phi) is 1.94. The van der Waals surface area contributed by atoms with Crippen LogP contribution < -0.4 is 0 Å². The van der Waals surface area contributed by atoms with Crippen molar-refractivity contribution in [1.82, 2.24) is 0 Å². The number of alkyl halides is 2. The molecule has 3 atom stereocenters. The zero-order valence-electron chi connectivity index (χ0n) is 7.36. The van der Waals surface area contributed by atoms with E-state index in [1.807, 2.05) is 0 Å². The zero-order valence-corrected chi connectivity index (χ0v) is 7.36. The van der Waals surface area contributed by atoms with Gasteiger partial charge in [0, 0.05) is 5.92 Å². The summed E-state index contributed by atoms with van der Waals surface area (Å²) in [6.07, 6.45) is 7.45. The van der Waals surface area contributed by atoms with Crippen LogP contribution in [0.4, 0.5) is 8.78 Å². The molecule has 4 heteroatoms. The number of hydrogen-bond donors (Lipinski definition) is 1. The van der Waals surface area contributed by atoms with Crippen LogP contribution in [0.3, 0.4) is 0 Å². The molecule has 76 valence electrons. The third kappa shape index (κ3) is 1.25. The standard InChI is InChI=1S/C10H10F2O2/c11-10(12)7(8(10)9(13)14)6-4-2-1-3-5-6/h1-4,6-8H,5H2,(H,13,14). The second-order valence-electron chi connectivity index (χ2n) is 3.73. The van der Waals surface area contributed by atoms with Crippen LogP contribution in [0, 0.1) is 17.8 Å². The number of hydrogen-bond acceptors (Lipinski definition) is 1. The predicted molar refractivity (Wildman–Crippen MR) is 45.9 cm³/mol. The lowest BCUT2D eigenvalue weighted by Crippen LogP contribution is -2.07. The Labute approximate surface area is 79.9 Å². The molecule has 14 heavy (non-hydrogen) atoms. The fraction of sp³-hybridized carbons (Fsp3) is 0.500. The maximum Gasteiger partial charge on any atom is 0.313 e. The van der Waals surface area contributed by atoms with Gasteiger partial charge in [-0.1, -0.05) is 24.3 Å². The van der Waals surface area contributed by atoms with E-state index >= 15 is 0 Å². The molecule has 0 spiro atoms. The second-order valence-corrected chi connectivity index (χ2v) is 3.73. The van der Waals surface area contributed by atoms with Crippen molar-refractivity contribution in [2.45, 2.75) is 12.3 Å². The van der Waals surface area contributed by atoms with E-state index in [0.29, 0.717) is 6.42 Å². The summed E-state index contributed by atoms with van der Waals surface area (Å²) in [5, 5.41) is 8.57. The number of carboxylic acid groups (broad SMARTS) is 1. The molecule has 2 nitrogen and oxygen atoms in total. The minimum Gasteiger partial charge on any atom is -0.481 e. The molecule has 1 N–H and O–H groups in total. The van der Waals surface area contributed by atoms with Gasteiger partial charge < -0.3 is 5.11 Å². The smallest absolute Gasteiger partial charge is 0.313 e. The van der Waals surface area contributed by atoms with Gasteiger partial charge in [0.05, 0.1) is 0 Å². The van der Waals surface area contributed by atoms with Gasteiger partial charge in [-0.05, 0) is 12.3 Å². The number of carbonyl (C=O) groups is 1. The first kappa shape index (κ1) is 9.37. The fourth-order valence-electron chi connectivity index (χ4n) is 2.07. The summed E-state index contributed by atoms with van der Waals surface area (Å²) in [6, 6.07) is 0. The highest BCUT2D eigenvalue weighted by atomic mass is 19.3. The minimum atomic E-state index is -3.02. The lowest BCUT2D eigenvalue weighted by molar-refractivity contribution is -0.141. The van der Waals surface area contributed by atoms with Gasteiger partial charge in [0.25, 0.3) is 5.92 Å². The molecule has 1 saturated carbocycles. The Hall–Kier alpha value is -1.19. The summed E-state index contributed by atoms with van der Waals surface area (Å²) in [5.41, 5.74) is 0. The molecule has 1 fully saturated rings. The van der Waals surface area contributed by atoms with E-state index in [0.717, 1.165) is 0 Å². The van der Waals surface area contributed by atoms with Crippen LogP contribution in [0.2, 0.25) is 0 Å². The van der Waals surface area contributed by atoms with E-state index in [9.17, 15) is 13.6 Å². The van der Waals surface area contributed by atoms with Crippen LogP contribution in [-0.4, -0.2) is 17.0 Å². The number of rotatable bonds is 2. The van der Waals surface area contributed by atoms with Crippen LogP contribution >= 0.6 is 0 Å². The van der Waals surface area contributed by atoms with Crippen molar-refractivity contribution < 1.29 is 18.7 Å². The van der Waals surface area contributed by atoms with Gasteiger partial charge in [-0.2, -0.15) is 0 Å². The highest BCUT2D eigenvalue weighted by molar-refractivity contribution is 5.76. The molecule has 0 radical (unpaired) electrons. The molecule has 2 aliphatic carbocycles. The first-order chi connectivity index (χ1) is 6.55. The summed E-state index contributed by atoms with van der Waals surface area (Å²) in [6.45, 7) is 0. The van der Waals surface area contributed by atoms with E-state index in [1.54, 1.807) is 24.3 Å².